The molecule has 2 rings (SSSR count). The van der Waals surface area contributed by atoms with Gasteiger partial charge in [-0.1, -0.05) is 6.07 Å². The molecule has 14 heavy (non-hydrogen) atoms. The Kier molecular flexibility index (Phi) is 1.93. The third-order valence-electron chi connectivity index (χ3n) is 2.12. The fraction of sp³-hybridized carbons (Fsp3) is 0.0909. The van der Waals surface area contributed by atoms with E-state index in [1.54, 1.807) is 25.1 Å². The van der Waals surface area contributed by atoms with Crippen LogP contribution in [0.4, 0.5) is 0 Å². The highest BCUT2D eigenvalue weighted by atomic mass is 16.1. The van der Waals surface area contributed by atoms with Gasteiger partial charge in [0.05, 0.1) is 16.8 Å². The lowest BCUT2D eigenvalue weighted by atomic mass is 10.1. The minimum absolute atomic E-state index is 0.444. The highest BCUT2D eigenvalue weighted by molar-refractivity contribution is 5.97. The van der Waals surface area contributed by atoms with Gasteiger partial charge < -0.3 is 5.73 Å². The topological polar surface area (TPSA) is 56.0 Å². The Hall–Kier alpha value is -1.90. The molecule has 1 aromatic carbocycles. The quantitative estimate of drug-likeness (QED) is 0.730. The molecule has 1 heterocycles. The maximum absolute atomic E-state index is 11.0. The van der Waals surface area contributed by atoms with E-state index in [1.165, 1.54) is 0 Å². The number of rotatable bonds is 1. The fourth-order valence-corrected chi connectivity index (χ4v) is 1.40. The molecule has 0 unspecified atom stereocenters. The van der Waals surface area contributed by atoms with Crippen LogP contribution >= 0.6 is 0 Å². The normalized spacial score (nSPS) is 10.4. The Balaban J connectivity index is 2.77. The van der Waals surface area contributed by atoms with Gasteiger partial charge in [0.25, 0.3) is 5.91 Å². The van der Waals surface area contributed by atoms with Gasteiger partial charge in [-0.3, -0.25) is 9.78 Å². The molecule has 3 heteroatoms. The van der Waals surface area contributed by atoms with Crippen LogP contribution in [0.1, 0.15) is 16.1 Å². The second kappa shape index (κ2) is 3.10. The molecule has 0 aliphatic heterocycles. The van der Waals surface area contributed by atoms with E-state index in [0.717, 1.165) is 10.9 Å². The fourth-order valence-electron chi connectivity index (χ4n) is 1.40. The highest BCUT2D eigenvalue weighted by Crippen LogP contribution is 2.15. The summed E-state index contributed by atoms with van der Waals surface area (Å²) in [6.07, 6.45) is 0. The minimum atomic E-state index is -0.444. The van der Waals surface area contributed by atoms with Crippen LogP contribution < -0.4 is 5.73 Å². The summed E-state index contributed by atoms with van der Waals surface area (Å²) in [5, 5.41) is 0.881. The van der Waals surface area contributed by atoms with Crippen LogP contribution in [-0.4, -0.2) is 10.9 Å². The van der Waals surface area contributed by atoms with E-state index in [2.05, 4.69) is 11.1 Å². The molecule has 3 nitrogen and oxygen atoms in total. The van der Waals surface area contributed by atoms with Gasteiger partial charge >= 0.3 is 0 Å². The number of amides is 1. The summed E-state index contributed by atoms with van der Waals surface area (Å²) < 4.78 is 0. The van der Waals surface area contributed by atoms with E-state index in [0.29, 0.717) is 11.3 Å². The van der Waals surface area contributed by atoms with Gasteiger partial charge in [-0.2, -0.15) is 0 Å². The minimum Gasteiger partial charge on any atom is -0.366 e. The van der Waals surface area contributed by atoms with Gasteiger partial charge in [-0.15, -0.1) is 0 Å². The Morgan fingerprint density at radius 3 is 3.07 bits per heavy atom. The van der Waals surface area contributed by atoms with E-state index in [4.69, 9.17) is 5.73 Å². The second-order valence-corrected chi connectivity index (χ2v) is 3.10. The number of aryl methyl sites for hydroxylation is 1. The first-order valence-corrected chi connectivity index (χ1v) is 4.26. The number of hydrogen-bond donors (Lipinski definition) is 1. The molecule has 1 aromatic heterocycles. The van der Waals surface area contributed by atoms with Gasteiger partial charge in [-0.05, 0) is 31.2 Å². The number of primary amides is 1. The van der Waals surface area contributed by atoms with E-state index >= 15 is 0 Å². The van der Waals surface area contributed by atoms with Crippen molar-refractivity contribution >= 4 is 16.8 Å². The number of nitrogens with zero attached hydrogens (tertiary/aromatic N) is 1. The van der Waals surface area contributed by atoms with E-state index in [1.807, 2.05) is 6.07 Å². The van der Waals surface area contributed by atoms with Crippen molar-refractivity contribution in [3.05, 3.63) is 41.6 Å². The predicted octanol–water partition coefficient (Wildman–Crippen LogP) is 1.44. The summed E-state index contributed by atoms with van der Waals surface area (Å²) >= 11 is 0. The number of carbonyl (C=O) groups excluding carboxylic acids is 1. The van der Waals surface area contributed by atoms with Crippen LogP contribution in [0.5, 0.6) is 0 Å². The third kappa shape index (κ3) is 1.33. The summed E-state index contributed by atoms with van der Waals surface area (Å²) in [6.45, 7) is 1.77. The average molecular weight is 185 g/mol. The zero-order valence-electron chi connectivity index (χ0n) is 7.74. The molecular formula is C11H9N2O. The summed E-state index contributed by atoms with van der Waals surface area (Å²) in [4.78, 5) is 15.3. The van der Waals surface area contributed by atoms with Crippen LogP contribution in [0.25, 0.3) is 10.9 Å². The second-order valence-electron chi connectivity index (χ2n) is 3.10. The van der Waals surface area contributed by atoms with Crippen LogP contribution in [0, 0.1) is 13.0 Å². The molecular weight excluding hydrogens is 176 g/mol. The van der Waals surface area contributed by atoms with Crippen molar-refractivity contribution in [2.45, 2.75) is 6.92 Å². The van der Waals surface area contributed by atoms with Crippen LogP contribution in [0.15, 0.2) is 24.3 Å². The Morgan fingerprint density at radius 1 is 1.57 bits per heavy atom. The van der Waals surface area contributed by atoms with Crippen molar-refractivity contribution in [1.29, 1.82) is 0 Å². The Bertz CT molecular complexity index is 506. The van der Waals surface area contributed by atoms with Gasteiger partial charge in [0.2, 0.25) is 0 Å². The number of hydrogen-bond acceptors (Lipinski definition) is 2. The third-order valence-corrected chi connectivity index (χ3v) is 2.12. The smallest absolute Gasteiger partial charge is 0.250 e. The molecule has 0 bridgehead atoms. The first-order chi connectivity index (χ1) is 6.68. The van der Waals surface area contributed by atoms with Crippen molar-refractivity contribution in [3.8, 4) is 0 Å². The number of pyridine rings is 1. The Morgan fingerprint density at radius 2 is 2.36 bits per heavy atom. The monoisotopic (exact) mass is 185 g/mol. The van der Waals surface area contributed by atoms with Gasteiger partial charge in [0.15, 0.2) is 0 Å². The number of benzene rings is 1. The highest BCUT2D eigenvalue weighted by Gasteiger charge is 2.07. The number of carbonyl (C=O) groups is 1. The summed E-state index contributed by atoms with van der Waals surface area (Å²) in [5.41, 5.74) is 7.20. The van der Waals surface area contributed by atoms with Crippen molar-refractivity contribution in [2.24, 2.45) is 5.73 Å². The van der Waals surface area contributed by atoms with Gasteiger partial charge in [0, 0.05) is 5.39 Å². The summed E-state index contributed by atoms with van der Waals surface area (Å²) in [7, 11) is 0. The number of aromatic nitrogens is 1. The molecule has 69 valence electrons. The van der Waals surface area contributed by atoms with Gasteiger partial charge in [-0.25, -0.2) is 0 Å². The van der Waals surface area contributed by atoms with Crippen LogP contribution in [0.2, 0.25) is 0 Å². The lowest BCUT2D eigenvalue weighted by Gasteiger charge is -2.03. The molecule has 0 fully saturated rings. The zero-order valence-corrected chi connectivity index (χ0v) is 7.74. The van der Waals surface area contributed by atoms with Crippen molar-refractivity contribution < 1.29 is 4.79 Å². The first-order valence-electron chi connectivity index (χ1n) is 4.26. The maximum Gasteiger partial charge on any atom is 0.250 e. The van der Waals surface area contributed by atoms with E-state index in [-0.39, 0.29) is 0 Å². The molecule has 0 aliphatic rings. The molecule has 0 spiro atoms. The van der Waals surface area contributed by atoms with E-state index in [9.17, 15) is 4.79 Å². The van der Waals surface area contributed by atoms with Crippen molar-refractivity contribution in [3.63, 3.8) is 0 Å². The summed E-state index contributed by atoms with van der Waals surface area (Å²) in [6, 6.07) is 10.1. The first kappa shape index (κ1) is 8.69. The molecule has 2 aromatic rings. The van der Waals surface area contributed by atoms with Crippen molar-refractivity contribution in [2.75, 3.05) is 0 Å². The standard InChI is InChI=1S/C11H9N2O/c1-7-9(11(12)14)6-8-4-2-3-5-10(8)13-7/h3-6H,1H3,(H2,12,14). The Labute approximate surface area is 81.6 Å². The largest absolute Gasteiger partial charge is 0.366 e. The molecule has 0 aliphatic carbocycles. The van der Waals surface area contributed by atoms with Crippen LogP contribution in [0.3, 0.4) is 0 Å². The molecule has 0 atom stereocenters. The van der Waals surface area contributed by atoms with Crippen molar-refractivity contribution in [1.82, 2.24) is 4.98 Å². The SMILES string of the molecule is Cc1nc2cc[c]cc2cc1C(N)=O. The maximum atomic E-state index is 11.0. The molecule has 1 amide bonds. The lowest BCUT2D eigenvalue weighted by molar-refractivity contribution is 0.0999. The lowest BCUT2D eigenvalue weighted by Crippen LogP contribution is -2.13. The van der Waals surface area contributed by atoms with E-state index < -0.39 is 5.91 Å². The molecule has 0 saturated carbocycles. The number of nitrogens with two attached hydrogens (primary N) is 1. The molecule has 0 saturated heterocycles. The summed E-state index contributed by atoms with van der Waals surface area (Å²) in [5.74, 6) is -0.444. The predicted molar refractivity (Wildman–Crippen MR) is 53.8 cm³/mol. The molecule has 1 radical (unpaired) electrons. The number of fused-ring (bicyclic) bond motifs is 1. The van der Waals surface area contributed by atoms with Crippen LogP contribution in [-0.2, 0) is 0 Å². The molecule has 2 N–H and O–H groups in total. The van der Waals surface area contributed by atoms with Gasteiger partial charge in [0.1, 0.15) is 0 Å². The zero-order chi connectivity index (χ0) is 10.1. The average Bonchev–Trinajstić information content (AvgIpc) is 2.16.